The van der Waals surface area contributed by atoms with E-state index in [1.165, 1.54) is 0 Å². The van der Waals surface area contributed by atoms with Gasteiger partial charge in [-0.1, -0.05) is 24.3 Å². The minimum absolute atomic E-state index is 0.0679. The zero-order valence-corrected chi connectivity index (χ0v) is 17.2. The van der Waals surface area contributed by atoms with Crippen molar-refractivity contribution < 1.29 is 14.1 Å². The van der Waals surface area contributed by atoms with Crippen LogP contribution < -0.4 is 5.43 Å². The lowest BCUT2D eigenvalue weighted by Crippen LogP contribution is -2.16. The van der Waals surface area contributed by atoms with Gasteiger partial charge in [0.15, 0.2) is 5.76 Å². The molecule has 0 saturated heterocycles. The topological polar surface area (TPSA) is 103 Å². The number of aryl methyl sites for hydroxylation is 2. The van der Waals surface area contributed by atoms with E-state index in [0.29, 0.717) is 16.8 Å². The zero-order valence-electron chi connectivity index (χ0n) is 17.2. The van der Waals surface area contributed by atoms with Crippen molar-refractivity contribution in [2.75, 3.05) is 0 Å². The van der Waals surface area contributed by atoms with Crippen LogP contribution in [0.25, 0.3) is 16.7 Å². The molecular weight excluding hydrogens is 396 g/mol. The number of hydrazone groups is 1. The number of carbonyl (C=O) groups excluding carboxylic acids is 1. The molecule has 0 fully saturated rings. The Hall–Kier alpha value is -4.20. The molecule has 1 N–H and O–H groups in total. The van der Waals surface area contributed by atoms with Crippen LogP contribution in [-0.2, 0) is 0 Å². The SMILES string of the molecule is Cc1ccc(-n2c(C)cc(/C=N/NC(=O)c3cc4ccccc4o3)c2C)cc1[N+](=O)[O-]. The molecule has 0 bridgehead atoms. The fourth-order valence-corrected chi connectivity index (χ4v) is 3.56. The number of nitro benzene ring substituents is 1. The van der Waals surface area contributed by atoms with Gasteiger partial charge in [0.05, 0.1) is 16.8 Å². The Morgan fingerprint density at radius 2 is 1.90 bits per heavy atom. The van der Waals surface area contributed by atoms with E-state index in [-0.39, 0.29) is 16.4 Å². The van der Waals surface area contributed by atoms with Crippen molar-refractivity contribution in [3.63, 3.8) is 0 Å². The third kappa shape index (κ3) is 3.83. The van der Waals surface area contributed by atoms with Crippen molar-refractivity contribution in [2.45, 2.75) is 20.8 Å². The highest BCUT2D eigenvalue weighted by Gasteiger charge is 2.16. The average Bonchev–Trinajstić information content (AvgIpc) is 3.29. The summed E-state index contributed by atoms with van der Waals surface area (Å²) in [6, 6.07) is 16.1. The van der Waals surface area contributed by atoms with E-state index in [1.807, 2.05) is 48.7 Å². The molecule has 0 aliphatic carbocycles. The summed E-state index contributed by atoms with van der Waals surface area (Å²) in [4.78, 5) is 23.2. The standard InChI is InChI=1S/C23H20N4O4/c1-14-8-9-19(12-20(14)27(29)30)26-15(2)10-18(16(26)3)13-24-25-23(28)22-11-17-6-4-5-7-21(17)31-22/h4-13H,1-3H3,(H,25,28)/b24-13+. The molecule has 0 unspecified atom stereocenters. The number of rotatable bonds is 5. The minimum Gasteiger partial charge on any atom is -0.451 e. The Kier molecular flexibility index (Phi) is 5.12. The molecule has 4 aromatic rings. The van der Waals surface area contributed by atoms with Crippen LogP contribution in [0.1, 0.15) is 33.1 Å². The Morgan fingerprint density at radius 1 is 1.13 bits per heavy atom. The van der Waals surface area contributed by atoms with E-state index < -0.39 is 5.91 Å². The zero-order chi connectivity index (χ0) is 22.1. The second-order valence-electron chi connectivity index (χ2n) is 7.24. The Balaban J connectivity index is 1.56. The van der Waals surface area contributed by atoms with Gasteiger partial charge in [0.25, 0.3) is 5.69 Å². The van der Waals surface area contributed by atoms with Gasteiger partial charge < -0.3 is 8.98 Å². The number of hydrogen-bond acceptors (Lipinski definition) is 5. The molecular formula is C23H20N4O4. The average molecular weight is 416 g/mol. The molecule has 2 aromatic carbocycles. The molecule has 8 heteroatoms. The van der Waals surface area contributed by atoms with Crippen LogP contribution in [-0.4, -0.2) is 21.6 Å². The number of amides is 1. The minimum atomic E-state index is -0.449. The predicted octanol–water partition coefficient (Wildman–Crippen LogP) is 4.82. The van der Waals surface area contributed by atoms with Gasteiger partial charge in [0.1, 0.15) is 5.58 Å². The maximum absolute atomic E-state index is 12.3. The van der Waals surface area contributed by atoms with Crippen LogP contribution in [0.2, 0.25) is 0 Å². The summed E-state index contributed by atoms with van der Waals surface area (Å²) in [5.41, 5.74) is 6.99. The van der Waals surface area contributed by atoms with E-state index in [9.17, 15) is 14.9 Å². The maximum atomic E-state index is 12.3. The van der Waals surface area contributed by atoms with E-state index in [2.05, 4.69) is 10.5 Å². The molecule has 0 aliphatic rings. The number of fused-ring (bicyclic) bond motifs is 1. The first-order chi connectivity index (χ1) is 14.8. The summed E-state index contributed by atoms with van der Waals surface area (Å²) in [5.74, 6) is -0.272. The number of nitro groups is 1. The fourth-order valence-electron chi connectivity index (χ4n) is 3.56. The smallest absolute Gasteiger partial charge is 0.307 e. The molecule has 31 heavy (non-hydrogen) atoms. The molecule has 0 aliphatic heterocycles. The molecule has 4 rings (SSSR count). The summed E-state index contributed by atoms with van der Waals surface area (Å²) >= 11 is 0. The lowest BCUT2D eigenvalue weighted by Gasteiger charge is -2.10. The predicted molar refractivity (Wildman–Crippen MR) is 118 cm³/mol. The first kappa shape index (κ1) is 20.1. The molecule has 0 spiro atoms. The third-order valence-electron chi connectivity index (χ3n) is 5.14. The van der Waals surface area contributed by atoms with E-state index in [4.69, 9.17) is 4.42 Å². The van der Waals surface area contributed by atoms with Gasteiger partial charge in [-0.25, -0.2) is 5.43 Å². The lowest BCUT2D eigenvalue weighted by atomic mass is 10.2. The first-order valence-electron chi connectivity index (χ1n) is 9.61. The van der Waals surface area contributed by atoms with Crippen molar-refractivity contribution in [2.24, 2.45) is 5.10 Å². The molecule has 0 radical (unpaired) electrons. The van der Waals surface area contributed by atoms with Gasteiger partial charge in [0, 0.05) is 34.0 Å². The van der Waals surface area contributed by atoms with Crippen molar-refractivity contribution >= 4 is 28.8 Å². The Morgan fingerprint density at radius 3 is 2.65 bits per heavy atom. The number of hydrogen-bond donors (Lipinski definition) is 1. The van der Waals surface area contributed by atoms with Crippen LogP contribution in [0.4, 0.5) is 5.69 Å². The normalized spacial score (nSPS) is 11.3. The second kappa shape index (κ2) is 7.91. The largest absolute Gasteiger partial charge is 0.451 e. The number of nitrogens with one attached hydrogen (secondary N) is 1. The van der Waals surface area contributed by atoms with E-state index in [0.717, 1.165) is 22.3 Å². The van der Waals surface area contributed by atoms with Crippen molar-refractivity contribution in [3.8, 4) is 5.69 Å². The summed E-state index contributed by atoms with van der Waals surface area (Å²) in [5, 5.41) is 16.2. The number of carbonyl (C=O) groups is 1. The quantitative estimate of drug-likeness (QED) is 0.286. The number of aromatic nitrogens is 1. The van der Waals surface area contributed by atoms with Gasteiger partial charge in [0.2, 0.25) is 0 Å². The van der Waals surface area contributed by atoms with Crippen molar-refractivity contribution in [1.29, 1.82) is 0 Å². The van der Waals surface area contributed by atoms with Gasteiger partial charge in [-0.15, -0.1) is 0 Å². The second-order valence-corrected chi connectivity index (χ2v) is 7.24. The first-order valence-corrected chi connectivity index (χ1v) is 9.61. The Bertz CT molecular complexity index is 1310. The van der Waals surface area contributed by atoms with Gasteiger partial charge in [-0.2, -0.15) is 5.10 Å². The van der Waals surface area contributed by atoms with Gasteiger partial charge in [-0.05, 0) is 45.0 Å². The van der Waals surface area contributed by atoms with Crippen molar-refractivity contribution in [3.05, 3.63) is 93.0 Å². The number of furan rings is 1. The van der Waals surface area contributed by atoms with E-state index >= 15 is 0 Å². The molecule has 156 valence electrons. The van der Waals surface area contributed by atoms with Crippen molar-refractivity contribution in [1.82, 2.24) is 9.99 Å². The Labute approximate surface area is 177 Å². The molecule has 0 saturated carbocycles. The van der Waals surface area contributed by atoms with Crippen LogP contribution in [0.15, 0.2) is 64.1 Å². The number of para-hydroxylation sites is 1. The van der Waals surface area contributed by atoms with Crippen LogP contribution in [0, 0.1) is 30.9 Å². The lowest BCUT2D eigenvalue weighted by molar-refractivity contribution is -0.385. The van der Waals surface area contributed by atoms with E-state index in [1.54, 1.807) is 37.4 Å². The molecule has 8 nitrogen and oxygen atoms in total. The van der Waals surface area contributed by atoms with Gasteiger partial charge in [-0.3, -0.25) is 14.9 Å². The fraction of sp³-hybridized carbons (Fsp3) is 0.130. The van der Waals surface area contributed by atoms with Crippen LogP contribution in [0.5, 0.6) is 0 Å². The monoisotopic (exact) mass is 416 g/mol. The molecule has 1 amide bonds. The maximum Gasteiger partial charge on any atom is 0.307 e. The van der Waals surface area contributed by atoms with Gasteiger partial charge >= 0.3 is 5.91 Å². The summed E-state index contributed by atoms with van der Waals surface area (Å²) in [6.07, 6.45) is 1.54. The van der Waals surface area contributed by atoms with Crippen LogP contribution >= 0.6 is 0 Å². The molecule has 2 heterocycles. The van der Waals surface area contributed by atoms with Crippen LogP contribution in [0.3, 0.4) is 0 Å². The third-order valence-corrected chi connectivity index (χ3v) is 5.14. The highest BCUT2D eigenvalue weighted by Crippen LogP contribution is 2.25. The number of nitrogens with zero attached hydrogens (tertiary/aromatic N) is 3. The molecule has 2 aromatic heterocycles. The summed E-state index contributed by atoms with van der Waals surface area (Å²) in [7, 11) is 0. The summed E-state index contributed by atoms with van der Waals surface area (Å²) < 4.78 is 7.44. The summed E-state index contributed by atoms with van der Waals surface area (Å²) in [6.45, 7) is 5.50. The molecule has 0 atom stereocenters. The highest BCUT2D eigenvalue weighted by molar-refractivity contribution is 5.96. The number of benzene rings is 2. The highest BCUT2D eigenvalue weighted by atomic mass is 16.6.